The molecule has 0 saturated carbocycles. The van der Waals surface area contributed by atoms with E-state index in [1.165, 1.54) is 25.3 Å². The molecule has 2 unspecified atom stereocenters. The highest BCUT2D eigenvalue weighted by molar-refractivity contribution is 5.98. The molecule has 222 valence electrons. The number of hydrogen-bond donors (Lipinski definition) is 2. The lowest BCUT2D eigenvalue weighted by Gasteiger charge is -2.42. The Kier molecular flexibility index (Phi) is 7.68. The van der Waals surface area contributed by atoms with Crippen LogP contribution in [0.1, 0.15) is 35.8 Å². The molecule has 9 nitrogen and oxygen atoms in total. The van der Waals surface area contributed by atoms with Crippen LogP contribution >= 0.6 is 0 Å². The molecule has 0 radical (unpaired) electrons. The molecule has 0 spiro atoms. The minimum atomic E-state index is -4.89. The monoisotopic (exact) mass is 584 g/mol. The van der Waals surface area contributed by atoms with Gasteiger partial charge in [0.25, 0.3) is 11.8 Å². The van der Waals surface area contributed by atoms with Crippen LogP contribution in [-0.4, -0.2) is 85.1 Å². The summed E-state index contributed by atoms with van der Waals surface area (Å²) < 4.78 is 87.0. The SMILES string of the molecule is COc1c([C@H]2[C@H](C(=O)Nc3ccnc(C(=O)N4CC5COCC(C4)N5)c3)O[C@@](C)(C(F)(F)F)[C@H]2C)ccc(F)c1F. The lowest BCUT2D eigenvalue weighted by molar-refractivity contribution is -0.272. The number of ether oxygens (including phenoxy) is 3. The van der Waals surface area contributed by atoms with E-state index in [1.54, 1.807) is 4.90 Å². The minimum Gasteiger partial charge on any atom is -0.493 e. The average molecular weight is 585 g/mol. The maximum Gasteiger partial charge on any atom is 0.417 e. The van der Waals surface area contributed by atoms with Crippen LogP contribution in [0.15, 0.2) is 30.5 Å². The molecule has 3 fully saturated rings. The third-order valence-electron chi connectivity index (χ3n) is 8.10. The van der Waals surface area contributed by atoms with Crippen molar-refractivity contribution in [3.05, 3.63) is 53.4 Å². The molecule has 2 bridgehead atoms. The summed E-state index contributed by atoms with van der Waals surface area (Å²) in [6, 6.07) is 4.50. The first-order valence-corrected chi connectivity index (χ1v) is 13.0. The Morgan fingerprint density at radius 3 is 2.49 bits per heavy atom. The van der Waals surface area contributed by atoms with Crippen molar-refractivity contribution in [2.45, 2.75) is 49.7 Å². The standard InChI is InChI=1S/C27H29F5N4O5/c1-13-20(17-4-5-18(28)21(29)22(17)39-3)23(41-26(13,2)27(30,31)32)24(37)35-14-6-7-33-19(8-14)25(38)36-9-15-11-40-12-16(10-36)34-15/h4-8,13,15-16,20,23,34H,9-12H2,1-3H3,(H,33,35,37)/t13-,15?,16?,20-,23+,26+/m0/s1. The first-order valence-electron chi connectivity index (χ1n) is 13.0. The summed E-state index contributed by atoms with van der Waals surface area (Å²) in [5.41, 5.74) is -2.81. The van der Waals surface area contributed by atoms with Gasteiger partial charge >= 0.3 is 6.18 Å². The third-order valence-corrected chi connectivity index (χ3v) is 8.10. The number of carbonyl (C=O) groups is 2. The molecule has 3 aliphatic heterocycles. The van der Waals surface area contributed by atoms with E-state index in [0.29, 0.717) is 26.3 Å². The van der Waals surface area contributed by atoms with E-state index in [2.05, 4.69) is 15.6 Å². The van der Waals surface area contributed by atoms with E-state index >= 15 is 0 Å². The number of morpholine rings is 1. The number of methoxy groups -OCH3 is 1. The molecule has 14 heteroatoms. The van der Waals surface area contributed by atoms with Gasteiger partial charge in [-0.25, -0.2) is 4.39 Å². The summed E-state index contributed by atoms with van der Waals surface area (Å²) in [6.45, 7) is 3.75. The van der Waals surface area contributed by atoms with Gasteiger partial charge in [-0.3, -0.25) is 14.6 Å². The van der Waals surface area contributed by atoms with Crippen molar-refractivity contribution < 1.29 is 45.8 Å². The normalized spacial score (nSPS) is 29.8. The van der Waals surface area contributed by atoms with Crippen LogP contribution in [0.25, 0.3) is 0 Å². The third kappa shape index (κ3) is 5.24. The van der Waals surface area contributed by atoms with Crippen molar-refractivity contribution in [3.63, 3.8) is 0 Å². The molecular formula is C27H29F5N4O5. The number of hydrogen-bond acceptors (Lipinski definition) is 7. The van der Waals surface area contributed by atoms with Crippen LogP contribution in [0.5, 0.6) is 5.75 Å². The molecule has 3 aliphatic rings. The molecular weight excluding hydrogens is 555 g/mol. The zero-order valence-corrected chi connectivity index (χ0v) is 22.4. The first kappa shape index (κ1) is 29.1. The number of fused-ring (bicyclic) bond motifs is 2. The number of anilines is 1. The zero-order valence-electron chi connectivity index (χ0n) is 22.4. The second-order valence-electron chi connectivity index (χ2n) is 10.7. The Bertz CT molecular complexity index is 1330. The highest BCUT2D eigenvalue weighted by atomic mass is 19.4. The van der Waals surface area contributed by atoms with Crippen molar-refractivity contribution in [1.82, 2.24) is 15.2 Å². The van der Waals surface area contributed by atoms with Crippen molar-refractivity contribution in [2.75, 3.05) is 38.7 Å². The topological polar surface area (TPSA) is 102 Å². The van der Waals surface area contributed by atoms with E-state index in [9.17, 15) is 31.5 Å². The quantitative estimate of drug-likeness (QED) is 0.521. The van der Waals surface area contributed by atoms with Gasteiger partial charge in [-0.05, 0) is 25.1 Å². The molecule has 5 rings (SSSR count). The summed E-state index contributed by atoms with van der Waals surface area (Å²) in [7, 11) is 1.05. The smallest absolute Gasteiger partial charge is 0.417 e. The molecule has 2 N–H and O–H groups in total. The number of halogens is 5. The van der Waals surface area contributed by atoms with Gasteiger partial charge in [0.1, 0.15) is 11.8 Å². The van der Waals surface area contributed by atoms with Crippen LogP contribution in [-0.2, 0) is 14.3 Å². The Morgan fingerprint density at radius 1 is 1.17 bits per heavy atom. The fourth-order valence-corrected chi connectivity index (χ4v) is 5.81. The van der Waals surface area contributed by atoms with E-state index < -0.39 is 53.0 Å². The minimum absolute atomic E-state index is 0.0241. The van der Waals surface area contributed by atoms with Gasteiger partial charge in [-0.2, -0.15) is 17.6 Å². The van der Waals surface area contributed by atoms with Gasteiger partial charge in [0.2, 0.25) is 5.82 Å². The maximum atomic E-state index is 14.6. The Balaban J connectivity index is 1.42. The average Bonchev–Trinajstić information content (AvgIpc) is 3.21. The van der Waals surface area contributed by atoms with Crippen molar-refractivity contribution in [2.24, 2.45) is 5.92 Å². The molecule has 41 heavy (non-hydrogen) atoms. The van der Waals surface area contributed by atoms with E-state index in [-0.39, 0.29) is 34.9 Å². The van der Waals surface area contributed by atoms with Gasteiger partial charge in [0, 0.05) is 54.5 Å². The number of benzene rings is 1. The number of carbonyl (C=O) groups excluding carboxylic acids is 2. The van der Waals surface area contributed by atoms with E-state index in [0.717, 1.165) is 26.2 Å². The highest BCUT2D eigenvalue weighted by Gasteiger charge is 2.66. The number of nitrogens with one attached hydrogen (secondary N) is 2. The maximum absolute atomic E-state index is 14.6. The number of alkyl halides is 3. The number of nitrogens with zero attached hydrogens (tertiary/aromatic N) is 2. The van der Waals surface area contributed by atoms with Crippen molar-refractivity contribution >= 4 is 17.5 Å². The number of aromatic nitrogens is 1. The van der Waals surface area contributed by atoms with Gasteiger partial charge in [-0.1, -0.05) is 13.0 Å². The molecule has 1 aromatic carbocycles. The molecule has 1 aromatic heterocycles. The number of amides is 2. The predicted octanol–water partition coefficient (Wildman–Crippen LogP) is 3.26. The number of piperazine rings is 1. The fraction of sp³-hybridized carbons (Fsp3) is 0.519. The van der Waals surface area contributed by atoms with E-state index in [4.69, 9.17) is 14.2 Å². The summed E-state index contributed by atoms with van der Waals surface area (Å²) >= 11 is 0. The summed E-state index contributed by atoms with van der Waals surface area (Å²) in [4.78, 5) is 32.4. The van der Waals surface area contributed by atoms with Crippen LogP contribution < -0.4 is 15.4 Å². The predicted molar refractivity (Wildman–Crippen MR) is 134 cm³/mol. The van der Waals surface area contributed by atoms with Crippen molar-refractivity contribution in [3.8, 4) is 5.75 Å². The Hall–Kier alpha value is -3.36. The summed E-state index contributed by atoms with van der Waals surface area (Å²) in [5.74, 6) is -7.37. The molecule has 4 heterocycles. The molecule has 3 saturated heterocycles. The fourth-order valence-electron chi connectivity index (χ4n) is 5.81. The van der Waals surface area contributed by atoms with Gasteiger partial charge in [0.15, 0.2) is 17.2 Å². The molecule has 2 amide bonds. The zero-order chi connectivity index (χ0) is 29.7. The Labute approximate surface area is 232 Å². The van der Waals surface area contributed by atoms with Gasteiger partial charge in [-0.15, -0.1) is 0 Å². The number of pyridine rings is 1. The van der Waals surface area contributed by atoms with Crippen molar-refractivity contribution in [1.29, 1.82) is 0 Å². The van der Waals surface area contributed by atoms with Gasteiger partial charge < -0.3 is 29.7 Å². The number of rotatable bonds is 5. The van der Waals surface area contributed by atoms with Crippen LogP contribution in [0.3, 0.4) is 0 Å². The summed E-state index contributed by atoms with van der Waals surface area (Å²) in [6.07, 6.45) is -5.37. The van der Waals surface area contributed by atoms with Crippen LogP contribution in [0, 0.1) is 17.6 Å². The van der Waals surface area contributed by atoms with Gasteiger partial charge in [0.05, 0.1) is 20.3 Å². The molecule has 6 atom stereocenters. The largest absolute Gasteiger partial charge is 0.493 e. The van der Waals surface area contributed by atoms with E-state index in [1.807, 2.05) is 0 Å². The lowest BCUT2D eigenvalue weighted by atomic mass is 9.77. The summed E-state index contributed by atoms with van der Waals surface area (Å²) in [5, 5.41) is 5.88. The van der Waals surface area contributed by atoms with Crippen LogP contribution in [0.4, 0.5) is 27.6 Å². The highest BCUT2D eigenvalue weighted by Crippen LogP contribution is 2.55. The molecule has 2 aromatic rings. The lowest BCUT2D eigenvalue weighted by Crippen LogP contribution is -2.63. The Morgan fingerprint density at radius 2 is 1.85 bits per heavy atom. The first-order chi connectivity index (χ1) is 19.3. The van der Waals surface area contributed by atoms with Crippen LogP contribution in [0.2, 0.25) is 0 Å². The molecule has 0 aliphatic carbocycles. The second-order valence-corrected chi connectivity index (χ2v) is 10.7. The second kappa shape index (κ2) is 10.8.